The average molecular weight is 618 g/mol. The van der Waals surface area contributed by atoms with Crippen LogP contribution in [-0.4, -0.2) is 93.6 Å². The molecule has 2 N–H and O–H groups in total. The van der Waals surface area contributed by atoms with Crippen molar-refractivity contribution in [2.24, 2.45) is 5.92 Å². The zero-order valence-electron chi connectivity index (χ0n) is 27.3. The third kappa shape index (κ3) is 4.98. The highest BCUT2D eigenvalue weighted by molar-refractivity contribution is 5.94. The van der Waals surface area contributed by atoms with Gasteiger partial charge >= 0.3 is 0 Å². The van der Waals surface area contributed by atoms with Crippen LogP contribution in [0.3, 0.4) is 0 Å². The number of hydrogen-bond donors (Lipinski definition) is 2. The van der Waals surface area contributed by atoms with Crippen LogP contribution in [0.4, 0.5) is 0 Å². The van der Waals surface area contributed by atoms with Gasteiger partial charge in [0.15, 0.2) is 5.82 Å². The summed E-state index contributed by atoms with van der Waals surface area (Å²) in [6, 6.07) is 15.7. The standard InChI is InChI=1S/C36H43N9O/c1-22(45-29(19-37)17-28-18-32(28)45)20-38-35(13-14-35)21-36(34-39-41-42-40-34)30-11-9-24(23(2)43(3)4)15-25(30)7-8-26-16-27(10-12-31(26)36)33(46)44(5)6/h9-12,15-16,28-29,32,38H,1-2,7-8,13-14,17-18,20-21H2,3-6H3,(H,39,40,41,42)/t28-,29?,32?,36?/m1/s1. The molecule has 0 bridgehead atoms. The van der Waals surface area contributed by atoms with Crippen molar-refractivity contribution in [3.05, 3.63) is 94.5 Å². The predicted octanol–water partition coefficient (Wildman–Crippen LogP) is 3.88. The number of nitriles is 1. The van der Waals surface area contributed by atoms with Crippen LogP contribution in [0.5, 0.6) is 0 Å². The Balaban J connectivity index is 1.32. The lowest BCUT2D eigenvalue weighted by molar-refractivity contribution is 0.0827. The maximum Gasteiger partial charge on any atom is 0.253 e. The molecule has 238 valence electrons. The van der Waals surface area contributed by atoms with Crippen molar-refractivity contribution in [3.63, 3.8) is 0 Å². The molecule has 3 fully saturated rings. The number of aromatic nitrogens is 4. The number of likely N-dealkylation sites (tertiary alicyclic amines) is 1. The number of hydrogen-bond acceptors (Lipinski definition) is 8. The summed E-state index contributed by atoms with van der Waals surface area (Å²) in [7, 11) is 7.60. The lowest BCUT2D eigenvalue weighted by Gasteiger charge is -2.38. The Labute approximate surface area is 271 Å². The molecule has 10 nitrogen and oxygen atoms in total. The Hall–Kier alpha value is -4.49. The van der Waals surface area contributed by atoms with E-state index < -0.39 is 5.41 Å². The van der Waals surface area contributed by atoms with Gasteiger partial charge in [-0.05, 0) is 107 Å². The molecule has 2 heterocycles. The van der Waals surface area contributed by atoms with E-state index in [1.165, 1.54) is 11.1 Å². The summed E-state index contributed by atoms with van der Waals surface area (Å²) in [4.78, 5) is 19.0. The Morgan fingerprint density at radius 2 is 1.72 bits per heavy atom. The second kappa shape index (κ2) is 11.1. The maximum atomic E-state index is 13.1. The van der Waals surface area contributed by atoms with Gasteiger partial charge in [-0.25, -0.2) is 5.10 Å². The van der Waals surface area contributed by atoms with Gasteiger partial charge < -0.3 is 20.0 Å². The smallest absolute Gasteiger partial charge is 0.253 e. The second-order valence-electron chi connectivity index (χ2n) is 14.2. The molecule has 4 atom stereocenters. The van der Waals surface area contributed by atoms with Gasteiger partial charge in [0, 0.05) is 63.3 Å². The summed E-state index contributed by atoms with van der Waals surface area (Å²) in [6.45, 7) is 9.41. The van der Waals surface area contributed by atoms with Gasteiger partial charge in [-0.3, -0.25) is 4.79 Å². The largest absolute Gasteiger partial charge is 0.378 e. The molecule has 1 saturated heterocycles. The summed E-state index contributed by atoms with van der Waals surface area (Å²) < 4.78 is 0. The van der Waals surface area contributed by atoms with Crippen molar-refractivity contribution in [1.29, 1.82) is 5.26 Å². The molecule has 3 unspecified atom stereocenters. The van der Waals surface area contributed by atoms with E-state index in [9.17, 15) is 10.1 Å². The van der Waals surface area contributed by atoms with Crippen molar-refractivity contribution < 1.29 is 4.79 Å². The fourth-order valence-electron chi connectivity index (χ4n) is 8.03. The molecule has 0 radical (unpaired) electrons. The highest BCUT2D eigenvalue weighted by Crippen LogP contribution is 2.54. The molecule has 2 aromatic carbocycles. The quantitative estimate of drug-likeness (QED) is 0.352. The van der Waals surface area contributed by atoms with E-state index in [1.54, 1.807) is 19.0 Å². The number of carbonyl (C=O) groups excluding carboxylic acids is 1. The van der Waals surface area contributed by atoms with E-state index in [0.717, 1.165) is 73.0 Å². The molecule has 4 aliphatic rings. The molecular weight excluding hydrogens is 574 g/mol. The van der Waals surface area contributed by atoms with Crippen LogP contribution in [0.1, 0.15) is 76.1 Å². The topological polar surface area (TPSA) is 117 Å². The van der Waals surface area contributed by atoms with Crippen LogP contribution in [0, 0.1) is 17.2 Å². The van der Waals surface area contributed by atoms with Crippen LogP contribution < -0.4 is 5.32 Å². The molecule has 3 aliphatic carbocycles. The minimum atomic E-state index is -0.697. The number of fused-ring (bicyclic) bond motifs is 3. The normalized spacial score (nSPS) is 24.9. The van der Waals surface area contributed by atoms with Crippen molar-refractivity contribution >= 4 is 11.6 Å². The molecule has 10 heteroatoms. The maximum absolute atomic E-state index is 13.1. The number of aromatic amines is 1. The first-order valence-corrected chi connectivity index (χ1v) is 16.3. The number of aryl methyl sites for hydroxylation is 2. The third-order valence-electron chi connectivity index (χ3n) is 10.8. The zero-order chi connectivity index (χ0) is 32.4. The molecule has 7 rings (SSSR count). The molecular formula is C36H43N9O. The number of H-pyrrole nitrogens is 1. The van der Waals surface area contributed by atoms with Crippen molar-refractivity contribution in [2.75, 3.05) is 34.7 Å². The number of rotatable bonds is 10. The van der Waals surface area contributed by atoms with Gasteiger partial charge in [0.25, 0.3) is 5.91 Å². The monoisotopic (exact) mass is 617 g/mol. The number of nitrogens with one attached hydrogen (secondary N) is 2. The van der Waals surface area contributed by atoms with E-state index in [2.05, 4.69) is 80.4 Å². The fourth-order valence-corrected chi connectivity index (χ4v) is 8.03. The lowest BCUT2D eigenvalue weighted by Crippen LogP contribution is -2.45. The van der Waals surface area contributed by atoms with Gasteiger partial charge in [0.2, 0.25) is 0 Å². The molecule has 2 saturated carbocycles. The summed E-state index contributed by atoms with van der Waals surface area (Å²) in [6.07, 6.45) is 6.45. The summed E-state index contributed by atoms with van der Waals surface area (Å²) in [5.41, 5.74) is 7.47. The summed E-state index contributed by atoms with van der Waals surface area (Å²) in [5.74, 6) is 1.31. The van der Waals surface area contributed by atoms with E-state index in [-0.39, 0.29) is 17.5 Å². The van der Waals surface area contributed by atoms with Crippen LogP contribution >= 0.6 is 0 Å². The van der Waals surface area contributed by atoms with Gasteiger partial charge in [0.1, 0.15) is 6.04 Å². The summed E-state index contributed by atoms with van der Waals surface area (Å²) >= 11 is 0. The molecule has 3 aromatic rings. The van der Waals surface area contributed by atoms with E-state index in [0.29, 0.717) is 29.9 Å². The van der Waals surface area contributed by atoms with Crippen molar-refractivity contribution in [1.82, 2.24) is 40.6 Å². The van der Waals surface area contributed by atoms with Crippen LogP contribution in [0.15, 0.2) is 55.3 Å². The number of piperidine rings is 1. The minimum Gasteiger partial charge on any atom is -0.378 e. The van der Waals surface area contributed by atoms with Crippen LogP contribution in [-0.2, 0) is 18.3 Å². The number of nitrogens with zero attached hydrogens (tertiary/aromatic N) is 7. The van der Waals surface area contributed by atoms with Crippen molar-refractivity contribution in [2.45, 2.75) is 68.0 Å². The minimum absolute atomic E-state index is 0.0182. The Kier molecular flexibility index (Phi) is 7.28. The molecule has 1 amide bonds. The fraction of sp³-hybridized carbons (Fsp3) is 0.472. The Morgan fingerprint density at radius 1 is 1.04 bits per heavy atom. The predicted molar refractivity (Wildman–Crippen MR) is 177 cm³/mol. The first-order valence-electron chi connectivity index (χ1n) is 16.3. The van der Waals surface area contributed by atoms with E-state index in [4.69, 9.17) is 0 Å². The van der Waals surface area contributed by atoms with Crippen LogP contribution in [0.25, 0.3) is 5.70 Å². The number of benzene rings is 2. The van der Waals surface area contributed by atoms with E-state index in [1.807, 2.05) is 25.1 Å². The second-order valence-corrected chi connectivity index (χ2v) is 14.2. The third-order valence-corrected chi connectivity index (χ3v) is 10.8. The van der Waals surface area contributed by atoms with Gasteiger partial charge in [-0.15, -0.1) is 5.10 Å². The molecule has 1 aromatic heterocycles. The van der Waals surface area contributed by atoms with Gasteiger partial charge in [0.05, 0.1) is 11.5 Å². The zero-order valence-corrected chi connectivity index (χ0v) is 27.3. The number of amides is 1. The summed E-state index contributed by atoms with van der Waals surface area (Å²) in [5, 5.41) is 29.7. The van der Waals surface area contributed by atoms with Crippen LogP contribution in [0.2, 0.25) is 0 Å². The Morgan fingerprint density at radius 3 is 2.30 bits per heavy atom. The number of carbonyl (C=O) groups is 1. The molecule has 1 aliphatic heterocycles. The molecule has 46 heavy (non-hydrogen) atoms. The first-order chi connectivity index (χ1) is 22.1. The number of tetrazole rings is 1. The lowest BCUT2D eigenvalue weighted by atomic mass is 9.67. The first kappa shape index (κ1) is 30.2. The highest BCUT2D eigenvalue weighted by Gasteiger charge is 2.56. The SMILES string of the molecule is C=C(c1ccc2c(c1)CCc1cc(C(=O)N(C)C)ccc1C2(CC1(NCC(=C)N2C(C#N)C[C@@H]3CC32)CC1)c1nnn[nH]1)N(C)C. The average Bonchev–Trinajstić information content (AvgIpc) is 3.90. The van der Waals surface area contributed by atoms with Gasteiger partial charge in [-0.1, -0.05) is 31.4 Å². The van der Waals surface area contributed by atoms with Gasteiger partial charge in [-0.2, -0.15) is 5.26 Å². The Bertz CT molecular complexity index is 1680. The van der Waals surface area contributed by atoms with E-state index >= 15 is 0 Å². The molecule has 0 spiro atoms. The van der Waals surface area contributed by atoms with Crippen molar-refractivity contribution in [3.8, 4) is 6.07 Å². The highest BCUT2D eigenvalue weighted by atomic mass is 16.2.